The predicted octanol–water partition coefficient (Wildman–Crippen LogP) is 1.56. The molecule has 0 amide bonds. The number of hydrogen-bond acceptors (Lipinski definition) is 5. The lowest BCUT2D eigenvalue weighted by molar-refractivity contribution is -0.0254. The summed E-state index contributed by atoms with van der Waals surface area (Å²) in [6, 6.07) is 0. The zero-order valence-corrected chi connectivity index (χ0v) is 11.5. The summed E-state index contributed by atoms with van der Waals surface area (Å²) in [5, 5.41) is 4.09. The SMILES string of the molecule is CCOC(=O)c1cnn(C)c1CNOC1CCCC1. The van der Waals surface area contributed by atoms with Gasteiger partial charge < -0.3 is 4.74 Å². The first-order chi connectivity index (χ1) is 9.22. The molecule has 0 radical (unpaired) electrons. The van der Waals surface area contributed by atoms with Crippen molar-refractivity contribution in [2.45, 2.75) is 45.3 Å². The number of ether oxygens (including phenoxy) is 1. The minimum atomic E-state index is -0.340. The van der Waals surface area contributed by atoms with E-state index in [1.54, 1.807) is 18.7 Å². The first-order valence-electron chi connectivity index (χ1n) is 6.79. The first-order valence-corrected chi connectivity index (χ1v) is 6.79. The molecule has 106 valence electrons. The zero-order valence-electron chi connectivity index (χ0n) is 11.5. The fourth-order valence-corrected chi connectivity index (χ4v) is 2.29. The third kappa shape index (κ3) is 3.54. The minimum Gasteiger partial charge on any atom is -0.462 e. The molecule has 0 aromatic carbocycles. The number of aromatic nitrogens is 2. The Kier molecular flexibility index (Phi) is 4.93. The standard InChI is InChI=1S/C13H21N3O3/c1-3-18-13(17)11-8-14-16(2)12(11)9-15-19-10-6-4-5-7-10/h8,10,15H,3-7,9H2,1-2H3. The van der Waals surface area contributed by atoms with Crippen molar-refractivity contribution in [3.8, 4) is 0 Å². The summed E-state index contributed by atoms with van der Waals surface area (Å²) in [5.41, 5.74) is 4.21. The highest BCUT2D eigenvalue weighted by molar-refractivity contribution is 5.90. The van der Waals surface area contributed by atoms with Gasteiger partial charge in [-0.3, -0.25) is 9.52 Å². The molecule has 0 saturated heterocycles. The normalized spacial score (nSPS) is 15.9. The lowest BCUT2D eigenvalue weighted by atomic mass is 10.2. The molecule has 6 nitrogen and oxygen atoms in total. The molecule has 2 rings (SSSR count). The van der Waals surface area contributed by atoms with Crippen molar-refractivity contribution in [3.63, 3.8) is 0 Å². The monoisotopic (exact) mass is 267 g/mol. The van der Waals surface area contributed by atoms with Crippen LogP contribution in [0, 0.1) is 0 Å². The molecule has 19 heavy (non-hydrogen) atoms. The van der Waals surface area contributed by atoms with Crippen molar-refractivity contribution in [3.05, 3.63) is 17.5 Å². The average Bonchev–Trinajstić information content (AvgIpc) is 3.01. The van der Waals surface area contributed by atoms with Gasteiger partial charge in [-0.25, -0.2) is 4.79 Å². The van der Waals surface area contributed by atoms with Gasteiger partial charge in [0.1, 0.15) is 5.56 Å². The first kappa shape index (κ1) is 14.0. The Morgan fingerprint density at radius 2 is 2.26 bits per heavy atom. The zero-order chi connectivity index (χ0) is 13.7. The Balaban J connectivity index is 1.91. The summed E-state index contributed by atoms with van der Waals surface area (Å²) in [6.45, 7) is 2.59. The maximum Gasteiger partial charge on any atom is 0.341 e. The molecule has 1 fully saturated rings. The number of hydroxylamine groups is 1. The topological polar surface area (TPSA) is 65.4 Å². The molecule has 0 spiro atoms. The molecule has 1 saturated carbocycles. The Bertz CT molecular complexity index is 425. The van der Waals surface area contributed by atoms with Gasteiger partial charge in [0.15, 0.2) is 0 Å². The summed E-state index contributed by atoms with van der Waals surface area (Å²) in [7, 11) is 1.80. The maximum absolute atomic E-state index is 11.8. The second kappa shape index (κ2) is 6.68. The maximum atomic E-state index is 11.8. The molecule has 1 aliphatic rings. The number of nitrogens with one attached hydrogen (secondary N) is 1. The van der Waals surface area contributed by atoms with Crippen LogP contribution in [0.2, 0.25) is 0 Å². The number of hydrogen-bond donors (Lipinski definition) is 1. The number of carbonyl (C=O) groups is 1. The number of nitrogens with zero attached hydrogens (tertiary/aromatic N) is 2. The van der Waals surface area contributed by atoms with E-state index < -0.39 is 0 Å². The minimum absolute atomic E-state index is 0.291. The number of esters is 1. The van der Waals surface area contributed by atoms with Crippen molar-refractivity contribution in [2.75, 3.05) is 6.61 Å². The van der Waals surface area contributed by atoms with E-state index >= 15 is 0 Å². The molecule has 0 atom stereocenters. The van der Waals surface area contributed by atoms with Crippen LogP contribution >= 0.6 is 0 Å². The van der Waals surface area contributed by atoms with Crippen LogP contribution < -0.4 is 5.48 Å². The summed E-state index contributed by atoms with van der Waals surface area (Å²) in [6.07, 6.45) is 6.48. The van der Waals surface area contributed by atoms with E-state index in [4.69, 9.17) is 9.57 Å². The van der Waals surface area contributed by atoms with Crippen molar-refractivity contribution in [2.24, 2.45) is 7.05 Å². The molecule has 1 aromatic heterocycles. The summed E-state index contributed by atoms with van der Waals surface area (Å²) in [4.78, 5) is 17.3. The van der Waals surface area contributed by atoms with E-state index in [0.29, 0.717) is 24.8 Å². The largest absolute Gasteiger partial charge is 0.462 e. The summed E-state index contributed by atoms with van der Waals surface area (Å²) >= 11 is 0. The van der Waals surface area contributed by atoms with Crippen LogP contribution in [0.4, 0.5) is 0 Å². The smallest absolute Gasteiger partial charge is 0.341 e. The van der Waals surface area contributed by atoms with Gasteiger partial charge in [0, 0.05) is 7.05 Å². The van der Waals surface area contributed by atoms with Gasteiger partial charge in [-0.2, -0.15) is 10.6 Å². The van der Waals surface area contributed by atoms with Crippen LogP contribution in [0.25, 0.3) is 0 Å². The van der Waals surface area contributed by atoms with Crippen molar-refractivity contribution < 1.29 is 14.4 Å². The summed E-state index contributed by atoms with van der Waals surface area (Å²) in [5.74, 6) is -0.340. The van der Waals surface area contributed by atoms with Gasteiger partial charge in [-0.15, -0.1) is 0 Å². The van der Waals surface area contributed by atoms with Crippen LogP contribution in [-0.4, -0.2) is 28.5 Å². The average molecular weight is 267 g/mol. The summed E-state index contributed by atoms with van der Waals surface area (Å²) < 4.78 is 6.66. The van der Waals surface area contributed by atoms with E-state index in [9.17, 15) is 4.79 Å². The molecule has 0 unspecified atom stereocenters. The fraction of sp³-hybridized carbons (Fsp3) is 0.692. The van der Waals surface area contributed by atoms with Gasteiger partial charge in [0.05, 0.1) is 31.1 Å². The van der Waals surface area contributed by atoms with E-state index in [0.717, 1.165) is 18.5 Å². The molecule has 1 aromatic rings. The Hall–Kier alpha value is -1.40. The highest BCUT2D eigenvalue weighted by Gasteiger charge is 2.19. The molecule has 1 aliphatic carbocycles. The highest BCUT2D eigenvalue weighted by Crippen LogP contribution is 2.20. The van der Waals surface area contributed by atoms with E-state index in [1.807, 2.05) is 0 Å². The molecule has 0 bridgehead atoms. The highest BCUT2D eigenvalue weighted by atomic mass is 16.7. The lowest BCUT2D eigenvalue weighted by Crippen LogP contribution is -2.23. The predicted molar refractivity (Wildman–Crippen MR) is 69.3 cm³/mol. The van der Waals surface area contributed by atoms with Crippen LogP contribution in [0.15, 0.2) is 6.20 Å². The quantitative estimate of drug-likeness (QED) is 0.626. The Morgan fingerprint density at radius 1 is 1.53 bits per heavy atom. The number of carbonyl (C=O) groups excluding carboxylic acids is 1. The third-order valence-corrected chi connectivity index (χ3v) is 3.35. The van der Waals surface area contributed by atoms with E-state index in [2.05, 4.69) is 10.6 Å². The molecule has 1 heterocycles. The second-order valence-electron chi connectivity index (χ2n) is 4.69. The van der Waals surface area contributed by atoms with E-state index in [1.165, 1.54) is 19.0 Å². The lowest BCUT2D eigenvalue weighted by Gasteiger charge is -2.12. The van der Waals surface area contributed by atoms with Gasteiger partial charge in [0.2, 0.25) is 0 Å². The van der Waals surface area contributed by atoms with Crippen LogP contribution in [-0.2, 0) is 23.2 Å². The van der Waals surface area contributed by atoms with Gasteiger partial charge in [0.25, 0.3) is 0 Å². The van der Waals surface area contributed by atoms with E-state index in [-0.39, 0.29) is 5.97 Å². The number of rotatable bonds is 6. The van der Waals surface area contributed by atoms with Crippen LogP contribution in [0.1, 0.15) is 48.7 Å². The van der Waals surface area contributed by atoms with Crippen molar-refractivity contribution in [1.29, 1.82) is 0 Å². The Morgan fingerprint density at radius 3 is 2.95 bits per heavy atom. The third-order valence-electron chi connectivity index (χ3n) is 3.35. The Labute approximate surface area is 113 Å². The van der Waals surface area contributed by atoms with Crippen molar-refractivity contribution >= 4 is 5.97 Å². The van der Waals surface area contributed by atoms with Crippen LogP contribution in [0.5, 0.6) is 0 Å². The van der Waals surface area contributed by atoms with Gasteiger partial charge >= 0.3 is 5.97 Å². The van der Waals surface area contributed by atoms with Crippen LogP contribution in [0.3, 0.4) is 0 Å². The van der Waals surface area contributed by atoms with Crippen molar-refractivity contribution in [1.82, 2.24) is 15.3 Å². The molecule has 1 N–H and O–H groups in total. The van der Waals surface area contributed by atoms with Gasteiger partial charge in [-0.05, 0) is 19.8 Å². The number of aryl methyl sites for hydroxylation is 1. The van der Waals surface area contributed by atoms with Gasteiger partial charge in [-0.1, -0.05) is 12.8 Å². The molecular formula is C13H21N3O3. The molecule has 0 aliphatic heterocycles. The molecular weight excluding hydrogens is 246 g/mol. The molecule has 6 heteroatoms. The second-order valence-corrected chi connectivity index (χ2v) is 4.69. The fourth-order valence-electron chi connectivity index (χ4n) is 2.29.